The summed E-state index contributed by atoms with van der Waals surface area (Å²) in [6.45, 7) is 0.0367. The average molecular weight is 571 g/mol. The molecule has 0 bridgehead atoms. The average Bonchev–Trinajstić information content (AvgIpc) is 2.88. The minimum Gasteiger partial charge on any atom is -0.322 e. The van der Waals surface area contributed by atoms with Crippen LogP contribution >= 0.6 is 11.6 Å². The first kappa shape index (κ1) is 27.1. The molecule has 0 saturated heterocycles. The molecule has 0 spiro atoms. The predicted molar refractivity (Wildman–Crippen MR) is 148 cm³/mol. The molecule has 0 aliphatic heterocycles. The van der Waals surface area contributed by atoms with Gasteiger partial charge in [-0.2, -0.15) is 0 Å². The third-order valence-corrected chi connectivity index (χ3v) is 8.33. The van der Waals surface area contributed by atoms with E-state index in [9.17, 15) is 21.6 Å². The predicted octanol–water partition coefficient (Wildman–Crippen LogP) is 4.75. The number of hydrogen-bond donors (Lipinski definition) is 2. The molecule has 0 atom stereocenters. The third-order valence-electron chi connectivity index (χ3n) is 5.43. The summed E-state index contributed by atoms with van der Waals surface area (Å²) in [5.74, 6) is -0.447. The number of carbonyl (C=O) groups is 1. The summed E-state index contributed by atoms with van der Waals surface area (Å²) >= 11 is 6.21. The molecular weight excluding hydrogens is 548 g/mol. The molecule has 1 amide bonds. The van der Waals surface area contributed by atoms with Gasteiger partial charge in [-0.15, -0.1) is 0 Å². The van der Waals surface area contributed by atoms with E-state index in [1.54, 1.807) is 36.4 Å². The Morgan fingerprint density at radius 1 is 0.868 bits per heavy atom. The SMILES string of the molecule is CS(=O)(=O)N(Cc1ccccc1Cl)c1ccc(C(=O)Nc2ccc(S(=O)(=O)Nc3cccnc3)cc2)cc1. The maximum absolute atomic E-state index is 12.8. The highest BCUT2D eigenvalue weighted by Crippen LogP contribution is 2.25. The van der Waals surface area contributed by atoms with Crippen molar-refractivity contribution in [3.05, 3.63) is 113 Å². The van der Waals surface area contributed by atoms with Crippen LogP contribution in [0.2, 0.25) is 5.02 Å². The number of halogens is 1. The van der Waals surface area contributed by atoms with Crippen molar-refractivity contribution < 1.29 is 21.6 Å². The molecule has 1 aromatic heterocycles. The molecule has 1 heterocycles. The Kier molecular flexibility index (Phi) is 8.00. The Bertz CT molecular complexity index is 1650. The second kappa shape index (κ2) is 11.2. The molecule has 2 N–H and O–H groups in total. The number of nitrogens with zero attached hydrogens (tertiary/aromatic N) is 2. The Hall–Kier alpha value is -3.93. The normalized spacial score (nSPS) is 11.5. The molecule has 0 unspecified atom stereocenters. The van der Waals surface area contributed by atoms with E-state index in [1.807, 2.05) is 0 Å². The molecule has 12 heteroatoms. The number of nitrogens with one attached hydrogen (secondary N) is 2. The molecule has 4 rings (SSSR count). The first-order valence-electron chi connectivity index (χ1n) is 11.2. The van der Waals surface area contributed by atoms with Gasteiger partial charge in [-0.05, 0) is 72.3 Å². The second-order valence-electron chi connectivity index (χ2n) is 8.23. The van der Waals surface area contributed by atoms with Gasteiger partial charge in [0.05, 0.1) is 35.3 Å². The van der Waals surface area contributed by atoms with Crippen molar-refractivity contribution in [1.82, 2.24) is 4.98 Å². The lowest BCUT2D eigenvalue weighted by atomic mass is 10.1. The van der Waals surface area contributed by atoms with Crippen molar-refractivity contribution in [2.24, 2.45) is 0 Å². The fourth-order valence-electron chi connectivity index (χ4n) is 3.52. The monoisotopic (exact) mass is 570 g/mol. The topological polar surface area (TPSA) is 126 Å². The molecule has 3 aromatic carbocycles. The van der Waals surface area contributed by atoms with Gasteiger partial charge < -0.3 is 5.32 Å². The molecule has 0 aliphatic carbocycles. The number of anilines is 3. The maximum Gasteiger partial charge on any atom is 0.261 e. The van der Waals surface area contributed by atoms with Crippen molar-refractivity contribution in [3.63, 3.8) is 0 Å². The molecule has 9 nitrogen and oxygen atoms in total. The van der Waals surface area contributed by atoms with Crippen LogP contribution in [0.15, 0.2) is 102 Å². The zero-order valence-corrected chi connectivity index (χ0v) is 22.5. The van der Waals surface area contributed by atoms with Gasteiger partial charge in [0, 0.05) is 22.5 Å². The summed E-state index contributed by atoms with van der Waals surface area (Å²) in [6.07, 6.45) is 4.02. The minimum absolute atomic E-state index is 0.0168. The molecular formula is C26H23ClN4O5S2. The maximum atomic E-state index is 12.8. The van der Waals surface area contributed by atoms with Crippen LogP contribution in [0.1, 0.15) is 15.9 Å². The molecule has 0 fully saturated rings. The number of sulfonamides is 2. The van der Waals surface area contributed by atoms with Gasteiger partial charge in [0.25, 0.3) is 15.9 Å². The molecule has 4 aromatic rings. The van der Waals surface area contributed by atoms with E-state index < -0.39 is 26.0 Å². The first-order chi connectivity index (χ1) is 18.0. The van der Waals surface area contributed by atoms with Crippen LogP contribution in [0.5, 0.6) is 0 Å². The zero-order chi connectivity index (χ0) is 27.3. The highest BCUT2D eigenvalue weighted by Gasteiger charge is 2.20. The Balaban J connectivity index is 1.45. The number of rotatable bonds is 9. The van der Waals surface area contributed by atoms with Gasteiger partial charge in [0.1, 0.15) is 0 Å². The van der Waals surface area contributed by atoms with E-state index in [4.69, 9.17) is 11.6 Å². The van der Waals surface area contributed by atoms with E-state index in [-0.39, 0.29) is 17.0 Å². The highest BCUT2D eigenvalue weighted by atomic mass is 35.5. The minimum atomic E-state index is -3.83. The van der Waals surface area contributed by atoms with Crippen LogP contribution in [-0.4, -0.2) is 34.0 Å². The van der Waals surface area contributed by atoms with E-state index in [0.717, 1.165) is 6.26 Å². The second-order valence-corrected chi connectivity index (χ2v) is 12.2. The largest absolute Gasteiger partial charge is 0.322 e. The fourth-order valence-corrected chi connectivity index (χ4v) is 5.64. The van der Waals surface area contributed by atoms with Gasteiger partial charge in [0.15, 0.2) is 0 Å². The van der Waals surface area contributed by atoms with E-state index in [1.165, 1.54) is 65.2 Å². The number of hydrogen-bond acceptors (Lipinski definition) is 6. The highest BCUT2D eigenvalue weighted by molar-refractivity contribution is 7.92. The summed E-state index contributed by atoms with van der Waals surface area (Å²) in [4.78, 5) is 16.6. The summed E-state index contributed by atoms with van der Waals surface area (Å²) in [5, 5.41) is 3.15. The van der Waals surface area contributed by atoms with E-state index in [0.29, 0.717) is 27.6 Å². The van der Waals surface area contributed by atoms with Crippen molar-refractivity contribution >= 4 is 54.6 Å². The quantitative estimate of drug-likeness (QED) is 0.299. The van der Waals surface area contributed by atoms with Crippen molar-refractivity contribution in [3.8, 4) is 0 Å². The number of carbonyl (C=O) groups excluding carboxylic acids is 1. The molecule has 38 heavy (non-hydrogen) atoms. The van der Waals surface area contributed by atoms with E-state index >= 15 is 0 Å². The summed E-state index contributed by atoms with van der Waals surface area (Å²) in [5.41, 5.74) is 2.02. The summed E-state index contributed by atoms with van der Waals surface area (Å²) in [6, 6.07) is 21.9. The number of aromatic nitrogens is 1. The standard InChI is InChI=1S/C26H23ClN4O5S2/c1-37(33,34)31(18-20-5-2-3-7-25(20)27)23-12-8-19(9-13-23)26(32)29-21-10-14-24(15-11-21)38(35,36)30-22-6-4-16-28-17-22/h2-17,30H,18H2,1H3,(H,29,32). The number of amides is 1. The van der Waals surface area contributed by atoms with Crippen LogP contribution in [0.4, 0.5) is 17.1 Å². The van der Waals surface area contributed by atoms with Crippen LogP contribution in [0.3, 0.4) is 0 Å². The van der Waals surface area contributed by atoms with Crippen LogP contribution < -0.4 is 14.3 Å². The molecule has 0 radical (unpaired) electrons. The van der Waals surface area contributed by atoms with Gasteiger partial charge >= 0.3 is 0 Å². The lowest BCUT2D eigenvalue weighted by Crippen LogP contribution is -2.29. The zero-order valence-electron chi connectivity index (χ0n) is 20.1. The van der Waals surface area contributed by atoms with Crippen LogP contribution in [0.25, 0.3) is 0 Å². The molecule has 0 saturated carbocycles. The lowest BCUT2D eigenvalue weighted by molar-refractivity contribution is 0.102. The Morgan fingerprint density at radius 3 is 2.16 bits per heavy atom. The first-order valence-corrected chi connectivity index (χ1v) is 14.9. The third kappa shape index (κ3) is 6.68. The van der Waals surface area contributed by atoms with Crippen LogP contribution in [0, 0.1) is 0 Å². The van der Waals surface area contributed by atoms with Gasteiger partial charge in [-0.25, -0.2) is 16.8 Å². The number of benzene rings is 3. The van der Waals surface area contributed by atoms with Crippen molar-refractivity contribution in [1.29, 1.82) is 0 Å². The Morgan fingerprint density at radius 2 is 1.55 bits per heavy atom. The fraction of sp³-hybridized carbons (Fsp3) is 0.0769. The van der Waals surface area contributed by atoms with Gasteiger partial charge in [-0.3, -0.25) is 18.8 Å². The van der Waals surface area contributed by atoms with E-state index in [2.05, 4.69) is 15.0 Å². The van der Waals surface area contributed by atoms with Crippen molar-refractivity contribution in [2.45, 2.75) is 11.4 Å². The summed E-state index contributed by atoms with van der Waals surface area (Å²) in [7, 11) is -7.46. The van der Waals surface area contributed by atoms with Crippen LogP contribution in [-0.2, 0) is 26.6 Å². The smallest absolute Gasteiger partial charge is 0.261 e. The molecule has 0 aliphatic rings. The Labute approximate surface area is 226 Å². The van der Waals surface area contributed by atoms with Crippen molar-refractivity contribution in [2.75, 3.05) is 20.6 Å². The van der Waals surface area contributed by atoms with Gasteiger partial charge in [-0.1, -0.05) is 29.8 Å². The van der Waals surface area contributed by atoms with Gasteiger partial charge in [0.2, 0.25) is 10.0 Å². The number of pyridine rings is 1. The molecule has 196 valence electrons. The lowest BCUT2D eigenvalue weighted by Gasteiger charge is -2.23. The summed E-state index contributed by atoms with van der Waals surface area (Å²) < 4.78 is 53.7.